The summed E-state index contributed by atoms with van der Waals surface area (Å²) in [6.07, 6.45) is 4.55. The molecule has 1 heterocycles. The maximum atomic E-state index is 14.2. The van der Waals surface area contributed by atoms with Crippen molar-refractivity contribution in [1.82, 2.24) is 4.90 Å². The highest BCUT2D eigenvalue weighted by atomic mass is 16.5. The number of hydrogen-bond acceptors (Lipinski definition) is 6. The molecule has 1 unspecified atom stereocenters. The molecular weight excluding hydrogens is 406 g/mol. The third kappa shape index (κ3) is 3.39. The molecule has 1 aliphatic heterocycles. The Kier molecular flexibility index (Phi) is 6.00. The minimum atomic E-state index is -1.04. The van der Waals surface area contributed by atoms with Gasteiger partial charge in [-0.15, -0.1) is 0 Å². The van der Waals surface area contributed by atoms with E-state index in [1.165, 1.54) is 0 Å². The van der Waals surface area contributed by atoms with Crippen LogP contribution in [0.4, 0.5) is 0 Å². The van der Waals surface area contributed by atoms with Gasteiger partial charge in [0.05, 0.1) is 12.7 Å². The molecular formula is C24H35N5O3. The number of carbonyl (C=O) groups is 1. The molecule has 4 rings (SSSR count). The SMILES string of the molecule is COC1CCC2(CC1)Cc1ccc(OCC(C)C)cc1C21N=C(N=NN)N(C(C)C)C1=O. The van der Waals surface area contributed by atoms with Gasteiger partial charge in [0.2, 0.25) is 0 Å². The topological polar surface area (TPSA) is 102 Å². The molecule has 1 aromatic rings. The first kappa shape index (κ1) is 22.7. The van der Waals surface area contributed by atoms with Crippen LogP contribution in [0.2, 0.25) is 0 Å². The van der Waals surface area contributed by atoms with Gasteiger partial charge >= 0.3 is 0 Å². The molecule has 1 aromatic carbocycles. The van der Waals surface area contributed by atoms with Crippen molar-refractivity contribution in [3.05, 3.63) is 29.3 Å². The molecule has 0 radical (unpaired) electrons. The summed E-state index contributed by atoms with van der Waals surface area (Å²) in [7, 11) is 1.76. The number of ether oxygens (including phenoxy) is 2. The largest absolute Gasteiger partial charge is 0.493 e. The number of amides is 1. The van der Waals surface area contributed by atoms with Crippen molar-refractivity contribution < 1.29 is 14.3 Å². The Labute approximate surface area is 190 Å². The van der Waals surface area contributed by atoms with Crippen LogP contribution >= 0.6 is 0 Å². The summed E-state index contributed by atoms with van der Waals surface area (Å²) in [6.45, 7) is 8.78. The van der Waals surface area contributed by atoms with Gasteiger partial charge in [0, 0.05) is 18.6 Å². The second-order valence-corrected chi connectivity index (χ2v) is 10.0. The predicted molar refractivity (Wildman–Crippen MR) is 122 cm³/mol. The molecule has 0 aromatic heterocycles. The van der Waals surface area contributed by atoms with Crippen LogP contribution in [-0.2, 0) is 21.5 Å². The molecule has 32 heavy (non-hydrogen) atoms. The third-order valence-electron chi connectivity index (χ3n) is 7.25. The number of nitrogens with two attached hydrogens (primary N) is 1. The Morgan fingerprint density at radius 1 is 1.25 bits per heavy atom. The number of guanidine groups is 1. The van der Waals surface area contributed by atoms with Crippen molar-refractivity contribution in [2.75, 3.05) is 13.7 Å². The molecule has 2 aliphatic carbocycles. The lowest BCUT2D eigenvalue weighted by Gasteiger charge is -2.45. The molecule has 1 fully saturated rings. The van der Waals surface area contributed by atoms with Gasteiger partial charge in [-0.2, -0.15) is 0 Å². The third-order valence-corrected chi connectivity index (χ3v) is 7.25. The molecule has 1 saturated carbocycles. The number of nitrogens with zero attached hydrogens (tertiary/aromatic N) is 4. The van der Waals surface area contributed by atoms with Gasteiger partial charge in [0.15, 0.2) is 5.54 Å². The molecule has 8 nitrogen and oxygen atoms in total. The molecule has 2 spiro atoms. The van der Waals surface area contributed by atoms with E-state index in [1.807, 2.05) is 26.0 Å². The van der Waals surface area contributed by atoms with Gasteiger partial charge in [0.1, 0.15) is 5.75 Å². The van der Waals surface area contributed by atoms with Crippen LogP contribution in [0.15, 0.2) is 33.5 Å². The van der Waals surface area contributed by atoms with Crippen LogP contribution in [-0.4, -0.2) is 42.6 Å². The molecule has 1 atom stereocenters. The van der Waals surface area contributed by atoms with Crippen molar-refractivity contribution in [3.8, 4) is 5.75 Å². The van der Waals surface area contributed by atoms with E-state index >= 15 is 0 Å². The summed E-state index contributed by atoms with van der Waals surface area (Å²) >= 11 is 0. The van der Waals surface area contributed by atoms with Crippen molar-refractivity contribution in [2.24, 2.45) is 32.5 Å². The van der Waals surface area contributed by atoms with Gasteiger partial charge < -0.3 is 15.3 Å². The highest BCUT2D eigenvalue weighted by molar-refractivity contribution is 6.09. The Bertz CT molecular complexity index is 934. The van der Waals surface area contributed by atoms with E-state index in [-0.39, 0.29) is 23.5 Å². The molecule has 2 N–H and O–H groups in total. The van der Waals surface area contributed by atoms with Crippen molar-refractivity contribution >= 4 is 11.9 Å². The van der Waals surface area contributed by atoms with Gasteiger partial charge in [-0.05, 0) is 75.1 Å². The second-order valence-electron chi connectivity index (χ2n) is 10.0. The van der Waals surface area contributed by atoms with Gasteiger partial charge in [0.25, 0.3) is 11.9 Å². The summed E-state index contributed by atoms with van der Waals surface area (Å²) in [5.74, 6) is 6.84. The van der Waals surface area contributed by atoms with Crippen molar-refractivity contribution in [3.63, 3.8) is 0 Å². The number of carbonyl (C=O) groups excluding carboxylic acids is 1. The molecule has 0 bridgehead atoms. The summed E-state index contributed by atoms with van der Waals surface area (Å²) in [4.78, 5) is 20.9. The molecule has 8 heteroatoms. The van der Waals surface area contributed by atoms with Gasteiger partial charge in [-0.1, -0.05) is 30.3 Å². The van der Waals surface area contributed by atoms with Crippen LogP contribution in [0.3, 0.4) is 0 Å². The number of methoxy groups -OCH3 is 1. The Morgan fingerprint density at radius 2 is 1.97 bits per heavy atom. The van der Waals surface area contributed by atoms with E-state index in [2.05, 4.69) is 30.3 Å². The highest BCUT2D eigenvalue weighted by Crippen LogP contribution is 2.62. The Balaban J connectivity index is 1.86. The fourth-order valence-corrected chi connectivity index (χ4v) is 5.72. The fourth-order valence-electron chi connectivity index (χ4n) is 5.72. The zero-order chi connectivity index (χ0) is 23.1. The number of hydrogen-bond donors (Lipinski definition) is 1. The fraction of sp³-hybridized carbons (Fsp3) is 0.667. The van der Waals surface area contributed by atoms with Crippen LogP contribution in [0.1, 0.15) is 64.5 Å². The average molecular weight is 442 g/mol. The first-order valence-corrected chi connectivity index (χ1v) is 11.6. The number of rotatable bonds is 5. The van der Waals surface area contributed by atoms with E-state index in [1.54, 1.807) is 12.0 Å². The smallest absolute Gasteiger partial charge is 0.262 e. The second kappa shape index (κ2) is 8.46. The van der Waals surface area contributed by atoms with Crippen LogP contribution in [0.5, 0.6) is 5.75 Å². The van der Waals surface area contributed by atoms with Crippen molar-refractivity contribution in [1.29, 1.82) is 0 Å². The standard InChI is InChI=1S/C24H35N5O3/c1-15(2)14-32-19-7-6-17-13-23(10-8-18(31-5)9-11-23)24(20(17)12-19)21(30)29(16(3)4)22(26-24)27-28-25/h6-7,12,15-16,18H,8-11,13-14H2,1-5H3,(H2,25,26,27). The molecule has 3 aliphatic rings. The minimum Gasteiger partial charge on any atom is -0.493 e. The zero-order valence-corrected chi connectivity index (χ0v) is 19.8. The van der Waals surface area contributed by atoms with Crippen molar-refractivity contribution in [2.45, 2.75) is 77.5 Å². The predicted octanol–water partition coefficient (Wildman–Crippen LogP) is 3.98. The van der Waals surface area contributed by atoms with Crippen LogP contribution in [0.25, 0.3) is 0 Å². The monoisotopic (exact) mass is 441 g/mol. The number of fused-ring (bicyclic) bond motifs is 3. The first-order chi connectivity index (χ1) is 15.3. The van der Waals surface area contributed by atoms with Gasteiger partial charge in [-0.3, -0.25) is 9.69 Å². The Hall–Kier alpha value is -2.48. The first-order valence-electron chi connectivity index (χ1n) is 11.6. The lowest BCUT2D eigenvalue weighted by molar-refractivity contribution is -0.139. The van der Waals surface area contributed by atoms with E-state index in [4.69, 9.17) is 20.3 Å². The summed E-state index contributed by atoms with van der Waals surface area (Å²) in [6, 6.07) is 6.04. The lowest BCUT2D eigenvalue weighted by atomic mass is 9.61. The molecule has 1 amide bonds. The average Bonchev–Trinajstić information content (AvgIpc) is 3.20. The van der Waals surface area contributed by atoms with E-state index in [0.29, 0.717) is 18.5 Å². The molecule has 174 valence electrons. The minimum absolute atomic E-state index is 0.0365. The Morgan fingerprint density at radius 3 is 2.56 bits per heavy atom. The van der Waals surface area contributed by atoms with E-state index in [0.717, 1.165) is 49.0 Å². The normalized spacial score (nSPS) is 29.7. The summed E-state index contributed by atoms with van der Waals surface area (Å²) in [5, 5.41) is 7.54. The van der Waals surface area contributed by atoms with Crippen LogP contribution in [0, 0.1) is 11.3 Å². The van der Waals surface area contributed by atoms with E-state index < -0.39 is 5.54 Å². The quantitative estimate of drug-likeness (QED) is 0.424. The highest BCUT2D eigenvalue weighted by Gasteiger charge is 2.67. The lowest BCUT2D eigenvalue weighted by Crippen LogP contribution is -2.53. The zero-order valence-electron chi connectivity index (χ0n) is 19.8. The van der Waals surface area contributed by atoms with Gasteiger partial charge in [-0.25, -0.2) is 4.99 Å². The van der Waals surface area contributed by atoms with Crippen LogP contribution < -0.4 is 10.6 Å². The number of benzene rings is 1. The number of aliphatic imine (C=N–C) groups is 1. The maximum absolute atomic E-state index is 14.2. The van der Waals surface area contributed by atoms with E-state index in [9.17, 15) is 4.79 Å². The summed E-state index contributed by atoms with van der Waals surface area (Å²) in [5.41, 5.74) is 0.736. The summed E-state index contributed by atoms with van der Waals surface area (Å²) < 4.78 is 11.7. The maximum Gasteiger partial charge on any atom is 0.262 e. The molecule has 0 saturated heterocycles.